The summed E-state index contributed by atoms with van der Waals surface area (Å²) in [5, 5.41) is 10.4. The van der Waals surface area contributed by atoms with Crippen LogP contribution in [-0.2, 0) is 0 Å². The molecule has 0 saturated heterocycles. The molecule has 0 aliphatic carbocycles. The Hall–Kier alpha value is -2.30. The largest absolute Gasteiger partial charge is 0.324 e. The van der Waals surface area contributed by atoms with Crippen LogP contribution in [0, 0.1) is 23.0 Å². The van der Waals surface area contributed by atoms with E-state index in [-0.39, 0.29) is 0 Å². The normalized spacial score (nSPS) is 10.2. The first-order valence-corrected chi connectivity index (χ1v) is 4.96. The third-order valence-corrected chi connectivity index (χ3v) is 2.37. The van der Waals surface area contributed by atoms with Crippen molar-refractivity contribution >= 4 is 5.69 Å². The third-order valence-electron chi connectivity index (χ3n) is 2.37. The van der Waals surface area contributed by atoms with Crippen LogP contribution in [0.25, 0.3) is 11.3 Å². The van der Waals surface area contributed by atoms with Crippen molar-refractivity contribution in [3.05, 3.63) is 58.0 Å². The van der Waals surface area contributed by atoms with Crippen LogP contribution >= 0.6 is 0 Å². The molecule has 0 radical (unpaired) electrons. The van der Waals surface area contributed by atoms with Crippen LogP contribution in [-0.4, -0.2) is 9.91 Å². The number of benzene rings is 1. The molecule has 0 bridgehead atoms. The van der Waals surface area contributed by atoms with Crippen molar-refractivity contribution < 1.29 is 9.31 Å². The Morgan fingerprint density at radius 1 is 1.18 bits per heavy atom. The lowest BCUT2D eigenvalue weighted by Crippen LogP contribution is -1.96. The summed E-state index contributed by atoms with van der Waals surface area (Å²) < 4.78 is 13.3. The van der Waals surface area contributed by atoms with Crippen LogP contribution in [0.2, 0.25) is 0 Å². The molecule has 17 heavy (non-hydrogen) atoms. The van der Waals surface area contributed by atoms with E-state index in [2.05, 4.69) is 4.98 Å². The molecule has 5 heteroatoms. The third kappa shape index (κ3) is 2.28. The molecule has 2 rings (SSSR count). The summed E-state index contributed by atoms with van der Waals surface area (Å²) in [7, 11) is 0. The number of nitrogens with zero attached hydrogens (tertiary/aromatic N) is 2. The van der Waals surface area contributed by atoms with Crippen molar-refractivity contribution in [2.24, 2.45) is 0 Å². The first kappa shape index (κ1) is 11.2. The van der Waals surface area contributed by atoms with Crippen molar-refractivity contribution in [1.29, 1.82) is 0 Å². The molecule has 0 atom stereocenters. The quantitative estimate of drug-likeness (QED) is 0.454. The second kappa shape index (κ2) is 4.29. The highest BCUT2D eigenvalue weighted by Gasteiger charge is 2.15. The molecule has 0 N–H and O–H groups in total. The second-order valence-electron chi connectivity index (χ2n) is 3.63. The maximum absolute atomic E-state index is 13.3. The fourth-order valence-corrected chi connectivity index (χ4v) is 1.45. The van der Waals surface area contributed by atoms with Gasteiger partial charge in [-0.25, -0.2) is 4.98 Å². The monoisotopic (exact) mass is 232 g/mol. The highest BCUT2D eigenvalue weighted by atomic mass is 19.1. The van der Waals surface area contributed by atoms with E-state index >= 15 is 0 Å². The number of hydrogen-bond acceptors (Lipinski definition) is 3. The predicted octanol–water partition coefficient (Wildman–Crippen LogP) is 3.10. The summed E-state index contributed by atoms with van der Waals surface area (Å²) in [5.74, 6) is -1.06. The van der Waals surface area contributed by atoms with Gasteiger partial charge in [0.15, 0.2) is 0 Å². The van der Waals surface area contributed by atoms with Gasteiger partial charge in [-0.05, 0) is 13.0 Å². The summed E-state index contributed by atoms with van der Waals surface area (Å²) >= 11 is 0. The number of aryl methyl sites for hydroxylation is 1. The topological polar surface area (TPSA) is 56.0 Å². The Morgan fingerprint density at radius 3 is 2.35 bits per heavy atom. The Balaban J connectivity index is 2.44. The Bertz CT molecular complexity index is 567. The number of pyridine rings is 1. The number of aromatic nitrogens is 1. The molecule has 0 aliphatic heterocycles. The summed E-state index contributed by atoms with van der Waals surface area (Å²) in [4.78, 5) is 13.2. The summed E-state index contributed by atoms with van der Waals surface area (Å²) in [6, 6.07) is 9.89. The average Bonchev–Trinajstić information content (AvgIpc) is 2.29. The number of rotatable bonds is 2. The summed E-state index contributed by atoms with van der Waals surface area (Å²) in [5.41, 5.74) is 1.58. The minimum atomic E-state index is -1.06. The molecule has 1 aromatic heterocycles. The molecule has 2 aromatic rings. The molecule has 0 spiro atoms. The van der Waals surface area contributed by atoms with E-state index in [1.54, 1.807) is 12.1 Å². The lowest BCUT2D eigenvalue weighted by molar-refractivity contribution is -0.388. The van der Waals surface area contributed by atoms with Crippen LogP contribution in [0.5, 0.6) is 0 Å². The van der Waals surface area contributed by atoms with E-state index in [0.29, 0.717) is 5.69 Å². The van der Waals surface area contributed by atoms with Crippen molar-refractivity contribution in [2.75, 3.05) is 0 Å². The predicted molar refractivity (Wildman–Crippen MR) is 61.0 cm³/mol. The minimum Gasteiger partial charge on any atom is -0.258 e. The van der Waals surface area contributed by atoms with E-state index in [1.807, 2.05) is 19.1 Å². The van der Waals surface area contributed by atoms with Crippen molar-refractivity contribution in [2.45, 2.75) is 6.92 Å². The van der Waals surface area contributed by atoms with Crippen LogP contribution in [0.1, 0.15) is 5.56 Å². The second-order valence-corrected chi connectivity index (χ2v) is 3.63. The van der Waals surface area contributed by atoms with Crippen molar-refractivity contribution in [3.63, 3.8) is 0 Å². The van der Waals surface area contributed by atoms with E-state index in [0.717, 1.165) is 17.2 Å². The zero-order valence-electron chi connectivity index (χ0n) is 9.05. The highest BCUT2D eigenvalue weighted by Crippen LogP contribution is 2.22. The Labute approximate surface area is 96.9 Å². The smallest absolute Gasteiger partial charge is 0.258 e. The molecular formula is C12H9FN2O2. The molecule has 0 amide bonds. The standard InChI is InChI=1S/C12H9FN2O2/c1-8-2-4-9(5-3-8)10-6-7-11(15(16)17)12(13)14-10/h2-7H,1H3. The van der Waals surface area contributed by atoms with Crippen LogP contribution in [0.15, 0.2) is 36.4 Å². The molecule has 0 fully saturated rings. The first-order valence-electron chi connectivity index (χ1n) is 4.96. The van der Waals surface area contributed by atoms with E-state index in [4.69, 9.17) is 0 Å². The van der Waals surface area contributed by atoms with Crippen molar-refractivity contribution in [1.82, 2.24) is 4.98 Å². The van der Waals surface area contributed by atoms with Gasteiger partial charge in [0.05, 0.1) is 10.6 Å². The molecule has 1 heterocycles. The number of halogens is 1. The van der Waals surface area contributed by atoms with Gasteiger partial charge in [-0.1, -0.05) is 29.8 Å². The van der Waals surface area contributed by atoms with Gasteiger partial charge in [-0.2, -0.15) is 4.39 Å². The Kier molecular flexibility index (Phi) is 2.82. The van der Waals surface area contributed by atoms with E-state index < -0.39 is 16.6 Å². The zero-order valence-corrected chi connectivity index (χ0v) is 9.05. The zero-order chi connectivity index (χ0) is 12.4. The molecule has 0 saturated carbocycles. The maximum Gasteiger partial charge on any atom is 0.324 e. The lowest BCUT2D eigenvalue weighted by Gasteiger charge is -2.01. The van der Waals surface area contributed by atoms with Gasteiger partial charge in [0.25, 0.3) is 5.95 Å². The SMILES string of the molecule is Cc1ccc(-c2ccc([N+](=O)[O-])c(F)n2)cc1. The first-order chi connectivity index (χ1) is 8.08. The van der Waals surface area contributed by atoms with Crippen LogP contribution in [0.4, 0.5) is 10.1 Å². The van der Waals surface area contributed by atoms with Gasteiger partial charge >= 0.3 is 5.69 Å². The summed E-state index contributed by atoms with van der Waals surface area (Å²) in [6.45, 7) is 1.94. The average molecular weight is 232 g/mol. The maximum atomic E-state index is 13.3. The van der Waals surface area contributed by atoms with E-state index in [1.165, 1.54) is 6.07 Å². The molecule has 0 unspecified atom stereocenters. The number of hydrogen-bond donors (Lipinski definition) is 0. The number of nitro groups is 1. The Morgan fingerprint density at radius 2 is 1.82 bits per heavy atom. The van der Waals surface area contributed by atoms with Gasteiger partial charge in [-0.3, -0.25) is 10.1 Å². The summed E-state index contributed by atoms with van der Waals surface area (Å²) in [6.07, 6.45) is 0. The lowest BCUT2D eigenvalue weighted by atomic mass is 10.1. The van der Waals surface area contributed by atoms with E-state index in [9.17, 15) is 14.5 Å². The van der Waals surface area contributed by atoms with Crippen LogP contribution in [0.3, 0.4) is 0 Å². The fourth-order valence-electron chi connectivity index (χ4n) is 1.45. The van der Waals surface area contributed by atoms with Gasteiger partial charge in [-0.15, -0.1) is 0 Å². The van der Waals surface area contributed by atoms with Crippen LogP contribution < -0.4 is 0 Å². The van der Waals surface area contributed by atoms with Gasteiger partial charge in [0.1, 0.15) is 0 Å². The molecule has 1 aromatic carbocycles. The fraction of sp³-hybridized carbons (Fsp3) is 0.0833. The highest BCUT2D eigenvalue weighted by molar-refractivity contribution is 5.60. The van der Waals surface area contributed by atoms with Crippen molar-refractivity contribution in [3.8, 4) is 11.3 Å². The molecular weight excluding hydrogens is 223 g/mol. The van der Waals surface area contributed by atoms with Gasteiger partial charge in [0, 0.05) is 11.6 Å². The molecule has 4 nitrogen and oxygen atoms in total. The molecule has 86 valence electrons. The van der Waals surface area contributed by atoms with Gasteiger partial charge < -0.3 is 0 Å². The molecule has 0 aliphatic rings. The van der Waals surface area contributed by atoms with Gasteiger partial charge in [0.2, 0.25) is 0 Å². The minimum absolute atomic E-state index is 0.383.